The van der Waals surface area contributed by atoms with Crippen molar-refractivity contribution in [2.75, 3.05) is 13.2 Å². The molecule has 2 heterocycles. The summed E-state index contributed by atoms with van der Waals surface area (Å²) < 4.78 is 16.1. The normalized spacial score (nSPS) is 12.8. The number of rotatable bonds is 8. The minimum absolute atomic E-state index is 0.00511. The first-order chi connectivity index (χ1) is 18.2. The van der Waals surface area contributed by atoms with E-state index >= 15 is 0 Å². The van der Waals surface area contributed by atoms with Gasteiger partial charge in [-0.2, -0.15) is 5.10 Å². The molecule has 0 aliphatic rings. The fourth-order valence-corrected chi connectivity index (χ4v) is 4.18. The van der Waals surface area contributed by atoms with Crippen molar-refractivity contribution in [3.63, 3.8) is 0 Å². The zero-order chi connectivity index (χ0) is 29.0. The van der Waals surface area contributed by atoms with Crippen molar-refractivity contribution in [3.8, 4) is 0 Å². The van der Waals surface area contributed by atoms with Crippen molar-refractivity contribution in [2.24, 2.45) is 0 Å². The maximum absolute atomic E-state index is 13.1. The fourth-order valence-electron chi connectivity index (χ4n) is 4.18. The van der Waals surface area contributed by atoms with Gasteiger partial charge in [0.25, 0.3) is 0 Å². The first-order valence-electron chi connectivity index (χ1n) is 13.3. The monoisotopic (exact) mass is 540 g/mol. The number of aromatic amines is 1. The predicted molar refractivity (Wildman–Crippen MR) is 149 cm³/mol. The van der Waals surface area contributed by atoms with Gasteiger partial charge in [-0.25, -0.2) is 14.5 Å². The molecule has 2 amide bonds. The van der Waals surface area contributed by atoms with Gasteiger partial charge in [0.15, 0.2) is 0 Å². The number of hydrogen-bond donors (Lipinski definition) is 1. The van der Waals surface area contributed by atoms with Gasteiger partial charge in [0.1, 0.15) is 16.7 Å². The summed E-state index contributed by atoms with van der Waals surface area (Å²) in [5, 5.41) is 9.69. The van der Waals surface area contributed by atoms with Gasteiger partial charge >= 0.3 is 18.2 Å². The Kier molecular flexibility index (Phi) is 9.19. The summed E-state index contributed by atoms with van der Waals surface area (Å²) in [5.74, 6) is -0.665. The van der Waals surface area contributed by atoms with Crippen molar-refractivity contribution in [3.05, 3.63) is 35.7 Å². The maximum Gasteiger partial charge on any atom is 0.419 e. The van der Waals surface area contributed by atoms with Gasteiger partial charge in [0.05, 0.1) is 17.8 Å². The third-order valence-corrected chi connectivity index (χ3v) is 5.78. The predicted octanol–water partition coefficient (Wildman–Crippen LogP) is 6.27. The van der Waals surface area contributed by atoms with Gasteiger partial charge < -0.3 is 14.2 Å². The van der Waals surface area contributed by atoms with E-state index in [4.69, 9.17) is 19.2 Å². The van der Waals surface area contributed by atoms with Crippen molar-refractivity contribution < 1.29 is 28.6 Å². The van der Waals surface area contributed by atoms with Crippen LogP contribution >= 0.6 is 0 Å². The van der Waals surface area contributed by atoms with Crippen LogP contribution in [0, 0.1) is 0 Å². The Morgan fingerprint density at radius 3 is 2.18 bits per heavy atom. The highest BCUT2D eigenvalue weighted by Crippen LogP contribution is 2.32. The molecule has 3 rings (SSSR count). The zero-order valence-electron chi connectivity index (χ0n) is 24.2. The molecule has 0 fully saturated rings. The molecular weight excluding hydrogens is 500 g/mol. The molecule has 1 aromatic carbocycles. The van der Waals surface area contributed by atoms with Crippen LogP contribution in [0.25, 0.3) is 21.8 Å². The number of carbonyl (C=O) groups excluding carboxylic acids is 3. The van der Waals surface area contributed by atoms with Crippen LogP contribution < -0.4 is 0 Å². The van der Waals surface area contributed by atoms with Gasteiger partial charge in [-0.05, 0) is 66.9 Å². The van der Waals surface area contributed by atoms with E-state index in [-0.39, 0.29) is 18.4 Å². The molecule has 39 heavy (non-hydrogen) atoms. The van der Waals surface area contributed by atoms with Gasteiger partial charge in [-0.15, -0.1) is 0 Å². The van der Waals surface area contributed by atoms with E-state index in [0.717, 1.165) is 39.7 Å². The van der Waals surface area contributed by atoms with E-state index in [1.165, 1.54) is 6.92 Å². The number of para-hydroxylation sites is 1. The average Bonchev–Trinajstić information content (AvgIpc) is 3.23. The smallest absolute Gasteiger partial charge is 0.419 e. The SMILES string of the molecule is CC(=O)OCCCCc1[nH]nc2c(C(C)CN(C(=O)OC(C)(C)C)C(=O)OC(C)(C)C)nc3ccccc3c12. The number of unbranched alkanes of at least 4 members (excludes halogenated alkanes) is 1. The molecule has 0 saturated carbocycles. The number of nitrogens with one attached hydrogen (secondary N) is 1. The Morgan fingerprint density at radius 2 is 1.59 bits per heavy atom. The zero-order valence-corrected chi connectivity index (χ0v) is 24.2. The number of ether oxygens (including phenoxy) is 3. The number of aromatic nitrogens is 3. The van der Waals surface area contributed by atoms with Crippen LogP contribution in [-0.2, 0) is 25.4 Å². The quantitative estimate of drug-likeness (QED) is 0.201. The number of aryl methyl sites for hydroxylation is 1. The average molecular weight is 541 g/mol. The van der Waals surface area contributed by atoms with E-state index < -0.39 is 23.4 Å². The second-order valence-electron chi connectivity index (χ2n) is 11.7. The molecule has 0 aliphatic carbocycles. The highest BCUT2D eigenvalue weighted by atomic mass is 16.6. The second kappa shape index (κ2) is 12.0. The summed E-state index contributed by atoms with van der Waals surface area (Å²) in [6.07, 6.45) is 0.679. The number of nitrogens with zero attached hydrogens (tertiary/aromatic N) is 3. The number of amides is 2. The Bertz CT molecular complexity index is 1310. The molecular formula is C29H40N4O6. The van der Waals surface area contributed by atoms with Gasteiger partial charge in [0.2, 0.25) is 0 Å². The summed E-state index contributed by atoms with van der Waals surface area (Å²) in [7, 11) is 0. The van der Waals surface area contributed by atoms with Crippen molar-refractivity contribution in [2.45, 2.75) is 91.8 Å². The maximum atomic E-state index is 13.1. The van der Waals surface area contributed by atoms with Crippen LogP contribution in [0.15, 0.2) is 24.3 Å². The molecule has 10 heteroatoms. The molecule has 3 aromatic rings. The Hall–Kier alpha value is -3.69. The standard InChI is InChI=1S/C29H40N4O6/c1-18(17-33(26(35)38-28(3,4)5)27(36)39-29(6,7)8)24-25-23(20-13-9-10-14-21(20)30-24)22(31-32-25)15-11-12-16-37-19(2)34/h9-10,13-14,18H,11-12,15-17H2,1-8H3,(H,31,32). The van der Waals surface area contributed by atoms with Gasteiger partial charge in [-0.3, -0.25) is 14.9 Å². The van der Waals surface area contributed by atoms with Crippen LogP contribution in [0.3, 0.4) is 0 Å². The van der Waals surface area contributed by atoms with Crippen LogP contribution in [-0.4, -0.2) is 62.6 Å². The molecule has 1 atom stereocenters. The number of carbonyl (C=O) groups is 3. The molecule has 0 radical (unpaired) electrons. The van der Waals surface area contributed by atoms with E-state index in [1.807, 2.05) is 31.2 Å². The Labute approximate surface area is 229 Å². The number of esters is 1. The number of pyridine rings is 1. The summed E-state index contributed by atoms with van der Waals surface area (Å²) in [6, 6.07) is 7.81. The minimum Gasteiger partial charge on any atom is -0.466 e. The van der Waals surface area contributed by atoms with Crippen molar-refractivity contribution in [1.82, 2.24) is 20.1 Å². The van der Waals surface area contributed by atoms with Crippen LogP contribution in [0.2, 0.25) is 0 Å². The molecule has 2 aromatic heterocycles. The number of imide groups is 1. The second-order valence-corrected chi connectivity index (χ2v) is 11.7. The number of H-pyrrole nitrogens is 1. The number of fused-ring (bicyclic) bond motifs is 3. The van der Waals surface area contributed by atoms with Crippen LogP contribution in [0.5, 0.6) is 0 Å². The fraction of sp³-hybridized carbons (Fsp3) is 0.552. The van der Waals surface area contributed by atoms with Gasteiger partial charge in [-0.1, -0.05) is 25.1 Å². The first-order valence-corrected chi connectivity index (χ1v) is 13.3. The Morgan fingerprint density at radius 1 is 0.974 bits per heavy atom. The lowest BCUT2D eigenvalue weighted by Gasteiger charge is -2.30. The summed E-state index contributed by atoms with van der Waals surface area (Å²) in [6.45, 7) is 14.1. The molecule has 212 valence electrons. The van der Waals surface area contributed by atoms with Crippen LogP contribution in [0.4, 0.5) is 9.59 Å². The summed E-state index contributed by atoms with van der Waals surface area (Å²) >= 11 is 0. The molecule has 0 aliphatic heterocycles. The summed E-state index contributed by atoms with van der Waals surface area (Å²) in [4.78, 5) is 43.1. The van der Waals surface area contributed by atoms with E-state index in [0.29, 0.717) is 24.2 Å². The first kappa shape index (κ1) is 29.9. The highest BCUT2D eigenvalue weighted by molar-refractivity contribution is 6.06. The van der Waals surface area contributed by atoms with E-state index in [2.05, 4.69) is 10.2 Å². The minimum atomic E-state index is -0.790. The number of hydrogen-bond acceptors (Lipinski definition) is 8. The third kappa shape index (κ3) is 8.15. The van der Waals surface area contributed by atoms with Gasteiger partial charge in [0, 0.05) is 35.9 Å². The lowest BCUT2D eigenvalue weighted by atomic mass is 9.99. The van der Waals surface area contributed by atoms with Crippen molar-refractivity contribution >= 4 is 40.0 Å². The summed E-state index contributed by atoms with van der Waals surface area (Å²) in [5.41, 5.74) is 1.50. The molecule has 0 spiro atoms. The lowest BCUT2D eigenvalue weighted by molar-refractivity contribution is -0.141. The third-order valence-electron chi connectivity index (χ3n) is 5.78. The van der Waals surface area contributed by atoms with E-state index in [1.54, 1.807) is 41.5 Å². The largest absolute Gasteiger partial charge is 0.466 e. The molecule has 0 saturated heterocycles. The van der Waals surface area contributed by atoms with Crippen molar-refractivity contribution in [1.29, 1.82) is 0 Å². The Balaban J connectivity index is 1.96. The highest BCUT2D eigenvalue weighted by Gasteiger charge is 2.33. The molecule has 1 unspecified atom stereocenters. The lowest BCUT2D eigenvalue weighted by Crippen LogP contribution is -2.45. The van der Waals surface area contributed by atoms with Crippen LogP contribution in [0.1, 0.15) is 85.5 Å². The molecule has 10 nitrogen and oxygen atoms in total. The molecule has 1 N–H and O–H groups in total. The topological polar surface area (TPSA) is 124 Å². The number of benzene rings is 1. The van der Waals surface area contributed by atoms with E-state index in [9.17, 15) is 14.4 Å². The molecule has 0 bridgehead atoms.